The normalized spacial score (nSPS) is 12.2. The third-order valence-corrected chi connectivity index (χ3v) is 3.97. The lowest BCUT2D eigenvalue weighted by Crippen LogP contribution is -2.17. The Kier molecular flexibility index (Phi) is 5.64. The van der Waals surface area contributed by atoms with Crippen molar-refractivity contribution in [1.82, 2.24) is 4.90 Å². The fourth-order valence-electron chi connectivity index (χ4n) is 2.48. The van der Waals surface area contributed by atoms with E-state index < -0.39 is 5.91 Å². The van der Waals surface area contributed by atoms with Gasteiger partial charge >= 0.3 is 0 Å². The number of rotatable bonds is 6. The second-order valence-corrected chi connectivity index (χ2v) is 6.27. The van der Waals surface area contributed by atoms with E-state index in [4.69, 9.17) is 17.3 Å². The van der Waals surface area contributed by atoms with Crippen LogP contribution in [0.15, 0.2) is 42.5 Å². The molecule has 1 atom stereocenters. The predicted molar refractivity (Wildman–Crippen MR) is 95.8 cm³/mol. The van der Waals surface area contributed by atoms with Gasteiger partial charge in [-0.05, 0) is 50.3 Å². The van der Waals surface area contributed by atoms with Gasteiger partial charge in [-0.1, -0.05) is 35.9 Å². The SMILES string of the molecule is C[C@H](Nc1cc(C(N)=O)ccc1CN(C)C)c1ccccc1Cl. The zero-order chi connectivity index (χ0) is 17.0. The van der Waals surface area contributed by atoms with E-state index >= 15 is 0 Å². The summed E-state index contributed by atoms with van der Waals surface area (Å²) in [6.45, 7) is 2.80. The molecule has 0 heterocycles. The van der Waals surface area contributed by atoms with E-state index in [2.05, 4.69) is 10.2 Å². The number of hydrogen-bond acceptors (Lipinski definition) is 3. The molecule has 1 amide bonds. The first-order valence-corrected chi connectivity index (χ1v) is 7.84. The van der Waals surface area contributed by atoms with Crippen molar-refractivity contribution >= 4 is 23.2 Å². The summed E-state index contributed by atoms with van der Waals surface area (Å²) in [5, 5.41) is 4.16. The van der Waals surface area contributed by atoms with Crippen molar-refractivity contribution < 1.29 is 4.79 Å². The fourth-order valence-corrected chi connectivity index (χ4v) is 2.78. The molecule has 0 saturated carbocycles. The summed E-state index contributed by atoms with van der Waals surface area (Å²) in [4.78, 5) is 13.5. The first kappa shape index (κ1) is 17.3. The van der Waals surface area contributed by atoms with Crippen LogP contribution in [-0.2, 0) is 6.54 Å². The lowest BCUT2D eigenvalue weighted by atomic mass is 10.0. The van der Waals surface area contributed by atoms with Gasteiger partial charge in [0.1, 0.15) is 0 Å². The third-order valence-electron chi connectivity index (χ3n) is 3.62. The second kappa shape index (κ2) is 7.49. The Morgan fingerprint density at radius 3 is 2.57 bits per heavy atom. The Morgan fingerprint density at radius 1 is 1.26 bits per heavy atom. The second-order valence-electron chi connectivity index (χ2n) is 5.86. The average molecular weight is 332 g/mol. The summed E-state index contributed by atoms with van der Waals surface area (Å²) in [5.41, 5.74) is 8.89. The Bertz CT molecular complexity index is 700. The summed E-state index contributed by atoms with van der Waals surface area (Å²) in [6.07, 6.45) is 0. The highest BCUT2D eigenvalue weighted by atomic mass is 35.5. The molecule has 23 heavy (non-hydrogen) atoms. The number of hydrogen-bond donors (Lipinski definition) is 2. The van der Waals surface area contributed by atoms with Crippen LogP contribution in [0.4, 0.5) is 5.69 Å². The first-order valence-electron chi connectivity index (χ1n) is 7.47. The van der Waals surface area contributed by atoms with Gasteiger partial charge in [-0.25, -0.2) is 0 Å². The van der Waals surface area contributed by atoms with E-state index in [1.165, 1.54) is 0 Å². The molecule has 5 heteroatoms. The minimum atomic E-state index is -0.435. The number of nitrogens with two attached hydrogens (primary N) is 1. The van der Waals surface area contributed by atoms with Crippen molar-refractivity contribution in [2.75, 3.05) is 19.4 Å². The molecule has 0 spiro atoms. The molecule has 0 aliphatic carbocycles. The van der Waals surface area contributed by atoms with Gasteiger partial charge in [-0.2, -0.15) is 0 Å². The number of carbonyl (C=O) groups is 1. The van der Waals surface area contributed by atoms with Gasteiger partial charge in [0, 0.05) is 22.8 Å². The number of anilines is 1. The van der Waals surface area contributed by atoms with E-state index in [-0.39, 0.29) is 6.04 Å². The maximum Gasteiger partial charge on any atom is 0.248 e. The average Bonchev–Trinajstić information content (AvgIpc) is 2.48. The van der Waals surface area contributed by atoms with Gasteiger partial charge < -0.3 is 16.0 Å². The maximum absolute atomic E-state index is 11.5. The molecular formula is C18H22ClN3O. The third kappa shape index (κ3) is 4.47. The van der Waals surface area contributed by atoms with Gasteiger partial charge in [-0.3, -0.25) is 4.79 Å². The zero-order valence-corrected chi connectivity index (χ0v) is 14.4. The van der Waals surface area contributed by atoms with Crippen molar-refractivity contribution in [1.29, 1.82) is 0 Å². The minimum Gasteiger partial charge on any atom is -0.378 e. The van der Waals surface area contributed by atoms with Crippen molar-refractivity contribution in [2.45, 2.75) is 19.5 Å². The molecule has 122 valence electrons. The molecule has 2 aromatic rings. The van der Waals surface area contributed by atoms with Crippen LogP contribution < -0.4 is 11.1 Å². The molecule has 0 aliphatic rings. The fraction of sp³-hybridized carbons (Fsp3) is 0.278. The van der Waals surface area contributed by atoms with Crippen molar-refractivity contribution in [3.05, 3.63) is 64.2 Å². The molecule has 0 saturated heterocycles. The summed E-state index contributed by atoms with van der Waals surface area (Å²) in [6, 6.07) is 13.2. The number of nitrogens with one attached hydrogen (secondary N) is 1. The molecule has 4 nitrogen and oxygen atoms in total. The highest BCUT2D eigenvalue weighted by Crippen LogP contribution is 2.28. The molecule has 0 unspecified atom stereocenters. The number of primary amides is 1. The highest BCUT2D eigenvalue weighted by Gasteiger charge is 2.13. The predicted octanol–water partition coefficient (Wildman–Crippen LogP) is 3.67. The van der Waals surface area contributed by atoms with Gasteiger partial charge in [0.2, 0.25) is 5.91 Å². The van der Waals surface area contributed by atoms with Crippen molar-refractivity contribution in [3.63, 3.8) is 0 Å². The summed E-state index contributed by atoms with van der Waals surface area (Å²) in [7, 11) is 4.01. The lowest BCUT2D eigenvalue weighted by molar-refractivity contribution is 0.100. The molecule has 0 radical (unpaired) electrons. The monoisotopic (exact) mass is 331 g/mol. The van der Waals surface area contributed by atoms with Crippen LogP contribution in [0.2, 0.25) is 5.02 Å². The van der Waals surface area contributed by atoms with E-state index in [0.29, 0.717) is 10.6 Å². The van der Waals surface area contributed by atoms with Gasteiger partial charge in [0.15, 0.2) is 0 Å². The van der Waals surface area contributed by atoms with Gasteiger partial charge in [-0.15, -0.1) is 0 Å². The molecule has 2 rings (SSSR count). The number of benzene rings is 2. The number of halogens is 1. The highest BCUT2D eigenvalue weighted by molar-refractivity contribution is 6.31. The van der Waals surface area contributed by atoms with Crippen LogP contribution in [-0.4, -0.2) is 24.9 Å². The van der Waals surface area contributed by atoms with Crippen LogP contribution >= 0.6 is 11.6 Å². The number of amides is 1. The van der Waals surface area contributed by atoms with Crippen LogP contribution in [0.5, 0.6) is 0 Å². The Morgan fingerprint density at radius 2 is 1.96 bits per heavy atom. The molecular weight excluding hydrogens is 310 g/mol. The standard InChI is InChI=1S/C18H22ClN3O/c1-12(15-6-4-5-7-16(15)19)21-17-10-13(18(20)23)8-9-14(17)11-22(2)3/h4-10,12,21H,11H2,1-3H3,(H2,20,23)/t12-/m0/s1. The van der Waals surface area contributed by atoms with Crippen LogP contribution in [0.1, 0.15) is 34.5 Å². The van der Waals surface area contributed by atoms with Crippen LogP contribution in [0.3, 0.4) is 0 Å². The van der Waals surface area contributed by atoms with Gasteiger partial charge in [0.25, 0.3) is 0 Å². The number of nitrogens with zero attached hydrogens (tertiary/aromatic N) is 1. The molecule has 0 aromatic heterocycles. The lowest BCUT2D eigenvalue weighted by Gasteiger charge is -2.21. The molecule has 0 fully saturated rings. The van der Waals surface area contributed by atoms with Crippen molar-refractivity contribution in [3.8, 4) is 0 Å². The van der Waals surface area contributed by atoms with E-state index in [1.54, 1.807) is 12.1 Å². The van der Waals surface area contributed by atoms with Crippen molar-refractivity contribution in [2.24, 2.45) is 5.73 Å². The number of carbonyl (C=O) groups excluding carboxylic acids is 1. The zero-order valence-electron chi connectivity index (χ0n) is 13.6. The van der Waals surface area contributed by atoms with E-state index in [0.717, 1.165) is 23.4 Å². The largest absolute Gasteiger partial charge is 0.378 e. The summed E-state index contributed by atoms with van der Waals surface area (Å²) < 4.78 is 0. The molecule has 0 bridgehead atoms. The van der Waals surface area contributed by atoms with E-state index in [9.17, 15) is 4.79 Å². The van der Waals surface area contributed by atoms with Crippen LogP contribution in [0, 0.1) is 0 Å². The topological polar surface area (TPSA) is 58.4 Å². The smallest absolute Gasteiger partial charge is 0.248 e. The summed E-state index contributed by atoms with van der Waals surface area (Å²) >= 11 is 6.27. The Balaban J connectivity index is 2.34. The first-order chi connectivity index (χ1) is 10.9. The molecule has 2 aromatic carbocycles. The van der Waals surface area contributed by atoms with Gasteiger partial charge in [0.05, 0.1) is 6.04 Å². The van der Waals surface area contributed by atoms with Crippen LogP contribution in [0.25, 0.3) is 0 Å². The minimum absolute atomic E-state index is 0.00717. The summed E-state index contributed by atoms with van der Waals surface area (Å²) in [5.74, 6) is -0.435. The quantitative estimate of drug-likeness (QED) is 0.849. The Labute approximate surface area is 142 Å². The molecule has 0 aliphatic heterocycles. The van der Waals surface area contributed by atoms with E-state index in [1.807, 2.05) is 51.4 Å². The molecule has 3 N–H and O–H groups in total. The maximum atomic E-state index is 11.5. The Hall–Kier alpha value is -2.04.